The van der Waals surface area contributed by atoms with E-state index in [1.54, 1.807) is 11.8 Å². The largest absolute Gasteiger partial charge is 0.334 e. The molecule has 0 fully saturated rings. The molecule has 2 atom stereocenters. The fraction of sp³-hybridized carbons (Fsp3) is 0.333. The Morgan fingerprint density at radius 2 is 2.11 bits per heavy atom. The number of pyridine rings is 1. The molecular formula is C15H17N3S. The lowest BCUT2D eigenvalue weighted by molar-refractivity contribution is 0.537. The number of aromatic nitrogens is 1. The summed E-state index contributed by atoms with van der Waals surface area (Å²) in [4.78, 5) is 9.09. The van der Waals surface area contributed by atoms with E-state index in [0.29, 0.717) is 12.0 Å². The van der Waals surface area contributed by atoms with Gasteiger partial charge in [-0.05, 0) is 37.1 Å². The summed E-state index contributed by atoms with van der Waals surface area (Å²) in [5, 5.41) is 5.60. The smallest absolute Gasteiger partial charge is 0.161 e. The summed E-state index contributed by atoms with van der Waals surface area (Å²) in [6.07, 6.45) is 1.82. The molecule has 2 unspecified atom stereocenters. The van der Waals surface area contributed by atoms with Gasteiger partial charge in [0.15, 0.2) is 5.17 Å². The van der Waals surface area contributed by atoms with E-state index in [-0.39, 0.29) is 0 Å². The van der Waals surface area contributed by atoms with E-state index in [0.717, 1.165) is 27.5 Å². The predicted octanol–water partition coefficient (Wildman–Crippen LogP) is 3.77. The maximum atomic E-state index is 4.71. The molecule has 19 heavy (non-hydrogen) atoms. The van der Waals surface area contributed by atoms with Crippen molar-refractivity contribution in [1.82, 2.24) is 4.98 Å². The lowest BCUT2D eigenvalue weighted by atomic mass is 10.1. The van der Waals surface area contributed by atoms with Crippen LogP contribution in [0.1, 0.15) is 13.8 Å². The SMILES string of the molecule is CC1CSC(Nc2cccc3ncccc23)=NC1C. The lowest BCUT2D eigenvalue weighted by Gasteiger charge is -2.24. The third-order valence-corrected chi connectivity index (χ3v) is 4.69. The van der Waals surface area contributed by atoms with Crippen LogP contribution < -0.4 is 5.32 Å². The summed E-state index contributed by atoms with van der Waals surface area (Å²) in [7, 11) is 0. The number of thioether (sulfide) groups is 1. The highest BCUT2D eigenvalue weighted by molar-refractivity contribution is 8.14. The number of amidine groups is 1. The van der Waals surface area contributed by atoms with Gasteiger partial charge in [-0.2, -0.15) is 0 Å². The minimum atomic E-state index is 0.386. The minimum absolute atomic E-state index is 0.386. The van der Waals surface area contributed by atoms with Gasteiger partial charge in [0.1, 0.15) is 0 Å². The Hall–Kier alpha value is -1.55. The second-order valence-electron chi connectivity index (χ2n) is 4.96. The van der Waals surface area contributed by atoms with Gasteiger partial charge in [0, 0.05) is 23.0 Å². The van der Waals surface area contributed by atoms with Crippen molar-refractivity contribution in [3.05, 3.63) is 36.5 Å². The van der Waals surface area contributed by atoms with Crippen molar-refractivity contribution in [3.8, 4) is 0 Å². The van der Waals surface area contributed by atoms with Crippen molar-refractivity contribution in [3.63, 3.8) is 0 Å². The van der Waals surface area contributed by atoms with Crippen LogP contribution in [0.5, 0.6) is 0 Å². The Morgan fingerprint density at radius 3 is 2.95 bits per heavy atom. The third kappa shape index (κ3) is 2.59. The number of aliphatic imine (C=N–C) groups is 1. The van der Waals surface area contributed by atoms with Crippen molar-refractivity contribution in [2.45, 2.75) is 19.9 Å². The predicted molar refractivity (Wildman–Crippen MR) is 83.9 cm³/mol. The molecule has 4 heteroatoms. The summed E-state index contributed by atoms with van der Waals surface area (Å²) >= 11 is 1.80. The van der Waals surface area contributed by atoms with Crippen LogP contribution >= 0.6 is 11.8 Å². The monoisotopic (exact) mass is 271 g/mol. The summed E-state index contributed by atoms with van der Waals surface area (Å²) in [5.74, 6) is 1.76. The van der Waals surface area contributed by atoms with E-state index in [2.05, 4.69) is 36.3 Å². The molecule has 0 spiro atoms. The number of anilines is 1. The quantitative estimate of drug-likeness (QED) is 0.857. The normalized spacial score (nSPS) is 23.2. The average molecular weight is 271 g/mol. The first-order chi connectivity index (χ1) is 9.24. The molecule has 1 aliphatic heterocycles. The molecule has 1 aromatic carbocycles. The number of hydrogen-bond acceptors (Lipinski definition) is 4. The number of nitrogens with one attached hydrogen (secondary N) is 1. The van der Waals surface area contributed by atoms with E-state index in [1.807, 2.05) is 24.4 Å². The van der Waals surface area contributed by atoms with E-state index in [9.17, 15) is 0 Å². The molecule has 0 bridgehead atoms. The van der Waals surface area contributed by atoms with Crippen LogP contribution in [-0.4, -0.2) is 21.9 Å². The molecule has 0 aliphatic carbocycles. The standard InChI is InChI=1S/C15H17N3S/c1-10-9-19-15(17-11(10)2)18-14-7-3-6-13-12(14)5-4-8-16-13/h3-8,10-11H,9H2,1-2H3,(H,17,18). The number of benzene rings is 1. The first kappa shape index (κ1) is 12.5. The molecule has 2 heterocycles. The minimum Gasteiger partial charge on any atom is -0.334 e. The zero-order chi connectivity index (χ0) is 13.2. The third-order valence-electron chi connectivity index (χ3n) is 3.51. The second-order valence-corrected chi connectivity index (χ2v) is 5.97. The van der Waals surface area contributed by atoms with Crippen LogP contribution in [-0.2, 0) is 0 Å². The highest BCUT2D eigenvalue weighted by atomic mass is 32.2. The summed E-state index contributed by atoms with van der Waals surface area (Å²) in [6, 6.07) is 10.6. The van der Waals surface area contributed by atoms with E-state index < -0.39 is 0 Å². The van der Waals surface area contributed by atoms with Gasteiger partial charge in [0.05, 0.1) is 11.6 Å². The lowest BCUT2D eigenvalue weighted by Crippen LogP contribution is -2.25. The molecule has 98 valence electrons. The molecule has 3 nitrogen and oxygen atoms in total. The summed E-state index contributed by atoms with van der Waals surface area (Å²) in [5.41, 5.74) is 2.09. The van der Waals surface area contributed by atoms with Crippen molar-refractivity contribution in [2.24, 2.45) is 10.9 Å². The van der Waals surface area contributed by atoms with Gasteiger partial charge < -0.3 is 5.32 Å². The topological polar surface area (TPSA) is 37.3 Å². The van der Waals surface area contributed by atoms with E-state index >= 15 is 0 Å². The number of rotatable bonds is 1. The fourth-order valence-electron chi connectivity index (χ4n) is 2.10. The van der Waals surface area contributed by atoms with Crippen LogP contribution in [0.15, 0.2) is 41.5 Å². The molecule has 2 aromatic rings. The Morgan fingerprint density at radius 1 is 1.21 bits per heavy atom. The zero-order valence-electron chi connectivity index (χ0n) is 11.1. The Labute approximate surface area is 117 Å². The second kappa shape index (κ2) is 5.21. The molecule has 1 aromatic heterocycles. The first-order valence-corrected chi connectivity index (χ1v) is 7.54. The van der Waals surface area contributed by atoms with Gasteiger partial charge in [-0.15, -0.1) is 0 Å². The van der Waals surface area contributed by atoms with Crippen LogP contribution in [0.3, 0.4) is 0 Å². The fourth-order valence-corrected chi connectivity index (χ4v) is 3.22. The highest BCUT2D eigenvalue weighted by Gasteiger charge is 2.19. The van der Waals surface area contributed by atoms with Crippen LogP contribution in [0.2, 0.25) is 0 Å². The molecule has 1 aliphatic rings. The Bertz CT molecular complexity index is 618. The summed E-state index contributed by atoms with van der Waals surface area (Å²) in [6.45, 7) is 4.43. The maximum absolute atomic E-state index is 4.71. The zero-order valence-corrected chi connectivity index (χ0v) is 11.9. The average Bonchev–Trinajstić information content (AvgIpc) is 2.43. The van der Waals surface area contributed by atoms with Crippen LogP contribution in [0.4, 0.5) is 5.69 Å². The molecule has 0 saturated carbocycles. The van der Waals surface area contributed by atoms with Gasteiger partial charge in [-0.25, -0.2) is 0 Å². The van der Waals surface area contributed by atoms with Crippen molar-refractivity contribution >= 4 is 33.5 Å². The molecular weight excluding hydrogens is 254 g/mol. The van der Waals surface area contributed by atoms with Gasteiger partial charge in [0.25, 0.3) is 0 Å². The molecule has 0 radical (unpaired) electrons. The first-order valence-electron chi connectivity index (χ1n) is 6.55. The summed E-state index contributed by atoms with van der Waals surface area (Å²) < 4.78 is 0. The van der Waals surface area contributed by atoms with Gasteiger partial charge in [-0.1, -0.05) is 24.8 Å². The van der Waals surface area contributed by atoms with E-state index in [1.165, 1.54) is 0 Å². The molecule has 0 saturated heterocycles. The maximum Gasteiger partial charge on any atom is 0.161 e. The van der Waals surface area contributed by atoms with Crippen molar-refractivity contribution in [2.75, 3.05) is 11.1 Å². The van der Waals surface area contributed by atoms with Gasteiger partial charge in [0.2, 0.25) is 0 Å². The number of fused-ring (bicyclic) bond motifs is 1. The Kier molecular flexibility index (Phi) is 3.42. The van der Waals surface area contributed by atoms with Gasteiger partial charge in [-0.3, -0.25) is 9.98 Å². The molecule has 3 rings (SSSR count). The van der Waals surface area contributed by atoms with Gasteiger partial charge >= 0.3 is 0 Å². The van der Waals surface area contributed by atoms with Crippen LogP contribution in [0, 0.1) is 5.92 Å². The van der Waals surface area contributed by atoms with Crippen LogP contribution in [0.25, 0.3) is 10.9 Å². The van der Waals surface area contributed by atoms with E-state index in [4.69, 9.17) is 4.99 Å². The van der Waals surface area contributed by atoms with Crippen molar-refractivity contribution in [1.29, 1.82) is 0 Å². The molecule has 0 amide bonds. The van der Waals surface area contributed by atoms with Crippen molar-refractivity contribution < 1.29 is 0 Å². The Balaban J connectivity index is 1.92. The number of nitrogens with zero attached hydrogens (tertiary/aromatic N) is 2. The number of hydrogen-bond donors (Lipinski definition) is 1. The molecule has 1 N–H and O–H groups in total. The highest BCUT2D eigenvalue weighted by Crippen LogP contribution is 2.26.